The summed E-state index contributed by atoms with van der Waals surface area (Å²) in [6.45, 7) is 2.85. The quantitative estimate of drug-likeness (QED) is 0.720. The predicted molar refractivity (Wildman–Crippen MR) is 78.8 cm³/mol. The lowest BCUT2D eigenvalue weighted by Crippen LogP contribution is -2.31. The number of anilines is 1. The van der Waals surface area contributed by atoms with E-state index in [-0.39, 0.29) is 18.1 Å². The summed E-state index contributed by atoms with van der Waals surface area (Å²) in [6, 6.07) is 1.58. The lowest BCUT2D eigenvalue weighted by molar-refractivity contribution is -0.115. The van der Waals surface area contributed by atoms with Crippen LogP contribution in [0.2, 0.25) is 0 Å². The molecule has 2 heterocycles. The molecule has 2 aromatic heterocycles. The standard InChI is InChI=1S/C13H18N6O4/c1-8-6-9(17-22-8)15-11(20)7-10-16-13(23-18-10)12(21)14-4-5-19(2)3/h6H,4-5,7H2,1-3H3,(H,14,21)(H,15,17,20). The van der Waals surface area contributed by atoms with Gasteiger partial charge in [0.1, 0.15) is 5.76 Å². The minimum Gasteiger partial charge on any atom is -0.360 e. The van der Waals surface area contributed by atoms with Crippen LogP contribution in [0.25, 0.3) is 0 Å². The van der Waals surface area contributed by atoms with Crippen LogP contribution in [0.1, 0.15) is 22.3 Å². The summed E-state index contributed by atoms with van der Waals surface area (Å²) in [4.78, 5) is 29.4. The Bertz CT molecular complexity index is 678. The largest absolute Gasteiger partial charge is 0.360 e. The van der Waals surface area contributed by atoms with Crippen molar-refractivity contribution in [1.29, 1.82) is 0 Å². The smallest absolute Gasteiger partial charge is 0.315 e. The number of amides is 2. The summed E-state index contributed by atoms with van der Waals surface area (Å²) in [6.07, 6.45) is -0.139. The van der Waals surface area contributed by atoms with Gasteiger partial charge in [-0.25, -0.2) is 0 Å². The minimum atomic E-state index is -0.474. The van der Waals surface area contributed by atoms with E-state index in [0.717, 1.165) is 0 Å². The van der Waals surface area contributed by atoms with E-state index in [0.29, 0.717) is 24.7 Å². The van der Waals surface area contributed by atoms with Gasteiger partial charge in [0.15, 0.2) is 11.6 Å². The average Bonchev–Trinajstić information content (AvgIpc) is 3.07. The fourth-order valence-electron chi connectivity index (χ4n) is 1.64. The second-order valence-electron chi connectivity index (χ2n) is 5.12. The number of hydrogen-bond acceptors (Lipinski definition) is 8. The second kappa shape index (κ2) is 7.49. The van der Waals surface area contributed by atoms with Crippen LogP contribution in [-0.4, -0.2) is 59.2 Å². The highest BCUT2D eigenvalue weighted by molar-refractivity contribution is 5.91. The summed E-state index contributed by atoms with van der Waals surface area (Å²) in [7, 11) is 3.79. The van der Waals surface area contributed by atoms with Crippen LogP contribution in [0.3, 0.4) is 0 Å². The van der Waals surface area contributed by atoms with Crippen molar-refractivity contribution in [1.82, 2.24) is 25.5 Å². The molecule has 10 heteroatoms. The van der Waals surface area contributed by atoms with Gasteiger partial charge in [0.2, 0.25) is 5.91 Å². The Labute approximate surface area is 132 Å². The van der Waals surface area contributed by atoms with E-state index < -0.39 is 11.8 Å². The van der Waals surface area contributed by atoms with Gasteiger partial charge in [-0.1, -0.05) is 10.3 Å². The van der Waals surface area contributed by atoms with Crippen molar-refractivity contribution in [3.63, 3.8) is 0 Å². The highest BCUT2D eigenvalue weighted by Gasteiger charge is 2.17. The van der Waals surface area contributed by atoms with E-state index in [1.165, 1.54) is 0 Å². The summed E-state index contributed by atoms with van der Waals surface area (Å²) < 4.78 is 9.67. The lowest BCUT2D eigenvalue weighted by atomic mass is 10.3. The summed E-state index contributed by atoms with van der Waals surface area (Å²) in [5, 5.41) is 12.4. The monoisotopic (exact) mass is 322 g/mol. The minimum absolute atomic E-state index is 0.112. The molecule has 0 aromatic carbocycles. The zero-order valence-corrected chi connectivity index (χ0v) is 13.1. The van der Waals surface area contributed by atoms with Crippen LogP contribution >= 0.6 is 0 Å². The third-order valence-electron chi connectivity index (χ3n) is 2.72. The summed E-state index contributed by atoms with van der Waals surface area (Å²) in [5.74, 6) is -0.0460. The highest BCUT2D eigenvalue weighted by Crippen LogP contribution is 2.07. The van der Waals surface area contributed by atoms with Crippen molar-refractivity contribution < 1.29 is 18.6 Å². The third kappa shape index (κ3) is 5.18. The van der Waals surface area contributed by atoms with E-state index in [9.17, 15) is 9.59 Å². The fraction of sp³-hybridized carbons (Fsp3) is 0.462. The molecule has 0 saturated heterocycles. The number of aromatic nitrogens is 3. The summed E-state index contributed by atoms with van der Waals surface area (Å²) in [5.41, 5.74) is 0. The molecule has 10 nitrogen and oxygen atoms in total. The second-order valence-corrected chi connectivity index (χ2v) is 5.12. The molecule has 0 saturated carbocycles. The molecule has 0 fully saturated rings. The van der Waals surface area contributed by atoms with Gasteiger partial charge < -0.3 is 24.6 Å². The number of aryl methyl sites for hydroxylation is 1. The number of nitrogens with one attached hydrogen (secondary N) is 2. The van der Waals surface area contributed by atoms with Crippen molar-refractivity contribution in [3.8, 4) is 0 Å². The molecule has 2 rings (SSSR count). The van der Waals surface area contributed by atoms with Gasteiger partial charge in [-0.3, -0.25) is 9.59 Å². The molecule has 0 spiro atoms. The Kier molecular flexibility index (Phi) is 5.41. The van der Waals surface area contributed by atoms with Crippen LogP contribution in [0, 0.1) is 6.92 Å². The van der Waals surface area contributed by atoms with Crippen molar-refractivity contribution in [2.24, 2.45) is 0 Å². The van der Waals surface area contributed by atoms with Gasteiger partial charge in [0.25, 0.3) is 0 Å². The maximum atomic E-state index is 11.8. The predicted octanol–water partition coefficient (Wildman–Crippen LogP) is -0.161. The van der Waals surface area contributed by atoms with Crippen molar-refractivity contribution in [2.75, 3.05) is 32.5 Å². The molecular formula is C13H18N6O4. The fourth-order valence-corrected chi connectivity index (χ4v) is 1.64. The number of hydrogen-bond donors (Lipinski definition) is 2. The number of likely N-dealkylation sites (N-methyl/N-ethyl adjacent to an activating group) is 1. The molecule has 0 unspecified atom stereocenters. The molecule has 0 aliphatic carbocycles. The van der Waals surface area contributed by atoms with E-state index in [4.69, 9.17) is 9.05 Å². The Balaban J connectivity index is 1.84. The van der Waals surface area contributed by atoms with Crippen molar-refractivity contribution in [3.05, 3.63) is 23.5 Å². The summed E-state index contributed by atoms with van der Waals surface area (Å²) >= 11 is 0. The molecule has 23 heavy (non-hydrogen) atoms. The van der Waals surface area contributed by atoms with E-state index in [1.54, 1.807) is 13.0 Å². The maximum absolute atomic E-state index is 11.8. The number of carbonyl (C=O) groups excluding carboxylic acids is 2. The van der Waals surface area contributed by atoms with Crippen LogP contribution in [0.15, 0.2) is 15.1 Å². The number of rotatable bonds is 7. The highest BCUT2D eigenvalue weighted by atomic mass is 16.5. The van der Waals surface area contributed by atoms with Gasteiger partial charge in [-0.15, -0.1) is 0 Å². The van der Waals surface area contributed by atoms with Gasteiger partial charge in [0, 0.05) is 19.2 Å². The Morgan fingerprint density at radius 1 is 1.26 bits per heavy atom. The average molecular weight is 322 g/mol. The molecule has 2 aromatic rings. The zero-order chi connectivity index (χ0) is 16.8. The maximum Gasteiger partial charge on any atom is 0.315 e. The Morgan fingerprint density at radius 2 is 2.04 bits per heavy atom. The van der Waals surface area contributed by atoms with Crippen LogP contribution in [0.4, 0.5) is 5.82 Å². The SMILES string of the molecule is Cc1cc(NC(=O)Cc2noc(C(=O)NCCN(C)C)n2)no1. The van der Waals surface area contributed by atoms with Crippen molar-refractivity contribution in [2.45, 2.75) is 13.3 Å². The molecule has 0 atom stereocenters. The molecule has 0 radical (unpaired) electrons. The first-order valence-electron chi connectivity index (χ1n) is 6.92. The van der Waals surface area contributed by atoms with E-state index >= 15 is 0 Å². The molecule has 0 aliphatic rings. The van der Waals surface area contributed by atoms with Gasteiger partial charge >= 0.3 is 11.8 Å². The Morgan fingerprint density at radius 3 is 2.70 bits per heavy atom. The van der Waals surface area contributed by atoms with E-state index in [2.05, 4.69) is 25.9 Å². The normalized spacial score (nSPS) is 10.8. The molecule has 0 aliphatic heterocycles. The van der Waals surface area contributed by atoms with Crippen molar-refractivity contribution >= 4 is 17.6 Å². The number of carbonyl (C=O) groups is 2. The topological polar surface area (TPSA) is 126 Å². The lowest BCUT2D eigenvalue weighted by Gasteiger charge is -2.08. The van der Waals surface area contributed by atoms with Crippen LogP contribution in [-0.2, 0) is 11.2 Å². The van der Waals surface area contributed by atoms with Gasteiger partial charge in [0.05, 0.1) is 6.42 Å². The van der Waals surface area contributed by atoms with Crippen LogP contribution < -0.4 is 10.6 Å². The first kappa shape index (κ1) is 16.6. The molecule has 2 amide bonds. The Hall–Kier alpha value is -2.75. The van der Waals surface area contributed by atoms with Gasteiger partial charge in [-0.05, 0) is 21.0 Å². The molecule has 2 N–H and O–H groups in total. The van der Waals surface area contributed by atoms with Gasteiger partial charge in [-0.2, -0.15) is 4.98 Å². The number of nitrogens with zero attached hydrogens (tertiary/aromatic N) is 4. The first-order chi connectivity index (χ1) is 10.9. The van der Waals surface area contributed by atoms with E-state index in [1.807, 2.05) is 19.0 Å². The van der Waals surface area contributed by atoms with Crippen LogP contribution in [0.5, 0.6) is 0 Å². The third-order valence-corrected chi connectivity index (χ3v) is 2.72. The molecular weight excluding hydrogens is 304 g/mol. The first-order valence-corrected chi connectivity index (χ1v) is 6.92. The zero-order valence-electron chi connectivity index (χ0n) is 13.1. The molecule has 124 valence electrons. The molecule has 0 bridgehead atoms.